The molecule has 4 aromatic rings. The van der Waals surface area contributed by atoms with Gasteiger partial charge in [0.25, 0.3) is 5.56 Å². The maximum atomic E-state index is 13.4. The van der Waals surface area contributed by atoms with Gasteiger partial charge in [0.1, 0.15) is 19.0 Å². The van der Waals surface area contributed by atoms with Crippen molar-refractivity contribution in [2.24, 2.45) is 0 Å². The highest BCUT2D eigenvalue weighted by molar-refractivity contribution is 6.36. The number of nitrogen functional groups attached to an aromatic ring is 1. The standard InChI is InChI=1S/C32H31Cl2N7O6/c1-17(2)39-29-30(43)41(26(14-38-29)20-10-21(31(44)45)12-22(35)11-20)15-27(42)37-13-18-6-8-19(9-7-18)28(36)40-32(46)47-16-23-24(33)4-3-5-25(23)34/h3-12,14,17H,13,15-16,35H2,1-2H3,(H,37,42)(H,38,39)(H,44,45)(H2,36,40,46). The molecule has 0 aliphatic carbocycles. The molecule has 0 bridgehead atoms. The van der Waals surface area contributed by atoms with Crippen molar-refractivity contribution in [3.63, 3.8) is 0 Å². The summed E-state index contributed by atoms with van der Waals surface area (Å²) in [4.78, 5) is 54.5. The number of nitrogens with zero attached hydrogens (tertiary/aromatic N) is 2. The molecule has 3 aromatic carbocycles. The number of aromatic carboxylic acids is 1. The fraction of sp³-hybridized carbons (Fsp3) is 0.188. The van der Waals surface area contributed by atoms with E-state index >= 15 is 0 Å². The van der Waals surface area contributed by atoms with Gasteiger partial charge in [-0.1, -0.05) is 53.5 Å². The number of hydrogen-bond donors (Lipinski definition) is 6. The fourth-order valence-electron chi connectivity index (χ4n) is 4.38. The second kappa shape index (κ2) is 15.3. The summed E-state index contributed by atoms with van der Waals surface area (Å²) < 4.78 is 6.34. The number of anilines is 2. The zero-order chi connectivity index (χ0) is 34.2. The van der Waals surface area contributed by atoms with E-state index in [1.54, 1.807) is 42.5 Å². The van der Waals surface area contributed by atoms with Crippen molar-refractivity contribution in [3.8, 4) is 11.3 Å². The second-order valence-electron chi connectivity index (χ2n) is 10.6. The summed E-state index contributed by atoms with van der Waals surface area (Å²) in [6.45, 7) is 3.18. The lowest BCUT2D eigenvalue weighted by atomic mass is 10.1. The zero-order valence-corrected chi connectivity index (χ0v) is 26.8. The molecule has 0 aliphatic rings. The van der Waals surface area contributed by atoms with Gasteiger partial charge in [-0.3, -0.25) is 24.9 Å². The van der Waals surface area contributed by atoms with Crippen molar-refractivity contribution in [3.05, 3.63) is 110 Å². The minimum absolute atomic E-state index is 0.0297. The molecular formula is C32H31Cl2N7O6. The molecule has 4 rings (SSSR count). The number of nitrogens with one attached hydrogen (secondary N) is 4. The summed E-state index contributed by atoms with van der Waals surface area (Å²) in [7, 11) is 0. The number of nitrogens with two attached hydrogens (primary N) is 1. The van der Waals surface area contributed by atoms with E-state index < -0.39 is 30.1 Å². The molecule has 1 heterocycles. The Hall–Kier alpha value is -5.40. The van der Waals surface area contributed by atoms with Gasteiger partial charge in [0.2, 0.25) is 5.91 Å². The van der Waals surface area contributed by atoms with Crippen LogP contribution in [-0.2, 0) is 29.2 Å². The Morgan fingerprint density at radius 3 is 2.36 bits per heavy atom. The molecular weight excluding hydrogens is 649 g/mol. The third kappa shape index (κ3) is 9.08. The molecule has 0 atom stereocenters. The van der Waals surface area contributed by atoms with Crippen LogP contribution in [0.2, 0.25) is 10.0 Å². The molecule has 244 valence electrons. The Bertz CT molecular complexity index is 1870. The van der Waals surface area contributed by atoms with Crippen LogP contribution in [0.5, 0.6) is 0 Å². The first-order valence-electron chi connectivity index (χ1n) is 14.1. The summed E-state index contributed by atoms with van der Waals surface area (Å²) in [5.74, 6) is -1.88. The van der Waals surface area contributed by atoms with Crippen LogP contribution < -0.4 is 27.2 Å². The van der Waals surface area contributed by atoms with Crippen LogP contribution in [0.25, 0.3) is 11.3 Å². The normalized spacial score (nSPS) is 10.7. The van der Waals surface area contributed by atoms with E-state index in [-0.39, 0.29) is 47.8 Å². The molecule has 47 heavy (non-hydrogen) atoms. The van der Waals surface area contributed by atoms with Gasteiger partial charge >= 0.3 is 12.1 Å². The first-order valence-corrected chi connectivity index (χ1v) is 14.9. The predicted octanol–water partition coefficient (Wildman–Crippen LogP) is 4.89. The van der Waals surface area contributed by atoms with Crippen LogP contribution >= 0.6 is 23.2 Å². The lowest BCUT2D eigenvalue weighted by molar-refractivity contribution is -0.121. The highest BCUT2D eigenvalue weighted by Crippen LogP contribution is 2.25. The third-order valence-electron chi connectivity index (χ3n) is 6.65. The number of carboxylic acid groups (broad SMARTS) is 1. The van der Waals surface area contributed by atoms with E-state index in [1.807, 2.05) is 13.8 Å². The molecule has 0 unspecified atom stereocenters. The summed E-state index contributed by atoms with van der Waals surface area (Å²) in [6, 6.07) is 15.4. The number of amidine groups is 1. The number of carbonyl (C=O) groups excluding carboxylic acids is 2. The highest BCUT2D eigenvalue weighted by Gasteiger charge is 2.18. The maximum absolute atomic E-state index is 13.4. The van der Waals surface area contributed by atoms with E-state index in [0.717, 1.165) is 0 Å². The molecule has 15 heteroatoms. The molecule has 0 fully saturated rings. The van der Waals surface area contributed by atoms with E-state index in [1.165, 1.54) is 29.0 Å². The topological polar surface area (TPSA) is 202 Å². The summed E-state index contributed by atoms with van der Waals surface area (Å²) >= 11 is 12.2. The molecule has 1 aromatic heterocycles. The summed E-state index contributed by atoms with van der Waals surface area (Å²) in [5.41, 5.74) is 7.44. The number of hydrogen-bond acceptors (Lipinski definition) is 9. The van der Waals surface area contributed by atoms with Crippen molar-refractivity contribution in [2.45, 2.75) is 39.6 Å². The molecule has 0 saturated carbocycles. The monoisotopic (exact) mass is 679 g/mol. The summed E-state index contributed by atoms with van der Waals surface area (Å²) in [6.07, 6.45) is 0.514. The van der Waals surface area contributed by atoms with E-state index in [2.05, 4.69) is 20.9 Å². The Kier molecular flexibility index (Phi) is 11.2. The molecule has 0 aliphatic heterocycles. The lowest BCUT2D eigenvalue weighted by Gasteiger charge is -2.17. The average Bonchev–Trinajstić information content (AvgIpc) is 3.01. The number of rotatable bonds is 11. The number of ether oxygens (including phenoxy) is 1. The fourth-order valence-corrected chi connectivity index (χ4v) is 4.88. The number of alkyl carbamates (subject to hydrolysis) is 1. The van der Waals surface area contributed by atoms with Gasteiger partial charge in [-0.05, 0) is 49.7 Å². The van der Waals surface area contributed by atoms with E-state index in [9.17, 15) is 24.3 Å². The van der Waals surface area contributed by atoms with Crippen LogP contribution in [0, 0.1) is 5.41 Å². The quantitative estimate of drug-likeness (QED) is 0.0725. The molecule has 0 spiro atoms. The number of amides is 2. The molecule has 7 N–H and O–H groups in total. The Morgan fingerprint density at radius 2 is 1.72 bits per heavy atom. The molecule has 2 amide bonds. The highest BCUT2D eigenvalue weighted by atomic mass is 35.5. The molecule has 13 nitrogen and oxygen atoms in total. The smallest absolute Gasteiger partial charge is 0.413 e. The number of carbonyl (C=O) groups is 3. The predicted molar refractivity (Wildman–Crippen MR) is 179 cm³/mol. The Labute approximate surface area is 279 Å². The van der Waals surface area contributed by atoms with Gasteiger partial charge in [0.15, 0.2) is 5.82 Å². The summed E-state index contributed by atoms with van der Waals surface area (Å²) in [5, 5.41) is 26.4. The first-order chi connectivity index (χ1) is 22.3. The van der Waals surface area contributed by atoms with Crippen molar-refractivity contribution >= 4 is 58.5 Å². The van der Waals surface area contributed by atoms with E-state index in [0.29, 0.717) is 32.3 Å². The average molecular weight is 681 g/mol. The van der Waals surface area contributed by atoms with Crippen LogP contribution in [0.4, 0.5) is 16.3 Å². The van der Waals surface area contributed by atoms with Crippen LogP contribution in [0.15, 0.2) is 71.7 Å². The van der Waals surface area contributed by atoms with Gasteiger partial charge in [0.05, 0.1) is 17.5 Å². The Morgan fingerprint density at radius 1 is 1.04 bits per heavy atom. The van der Waals surface area contributed by atoms with Gasteiger partial charge < -0.3 is 26.2 Å². The minimum atomic E-state index is -1.20. The van der Waals surface area contributed by atoms with Crippen LogP contribution in [0.1, 0.15) is 40.9 Å². The van der Waals surface area contributed by atoms with Crippen LogP contribution in [0.3, 0.4) is 0 Å². The van der Waals surface area contributed by atoms with Crippen LogP contribution in [-0.4, -0.2) is 44.5 Å². The van der Waals surface area contributed by atoms with Gasteiger partial charge in [0, 0.05) is 45.0 Å². The SMILES string of the molecule is CC(C)Nc1ncc(-c2cc(N)cc(C(=O)O)c2)n(CC(=O)NCc2ccc(C(=N)NC(=O)OCc3c(Cl)cccc3Cl)cc2)c1=O. The van der Waals surface area contributed by atoms with Gasteiger partial charge in [-0.25, -0.2) is 14.6 Å². The second-order valence-corrected chi connectivity index (χ2v) is 11.4. The Balaban J connectivity index is 1.41. The molecule has 0 radical (unpaired) electrons. The number of carboxylic acids is 1. The minimum Gasteiger partial charge on any atom is -0.478 e. The van der Waals surface area contributed by atoms with Gasteiger partial charge in [-0.15, -0.1) is 0 Å². The maximum Gasteiger partial charge on any atom is 0.413 e. The third-order valence-corrected chi connectivity index (χ3v) is 7.36. The number of halogens is 2. The number of aromatic nitrogens is 2. The first kappa shape index (κ1) is 34.5. The van der Waals surface area contributed by atoms with Gasteiger partial charge in [-0.2, -0.15) is 0 Å². The molecule has 0 saturated heterocycles. The lowest BCUT2D eigenvalue weighted by Crippen LogP contribution is -2.35. The zero-order valence-electron chi connectivity index (χ0n) is 25.3. The van der Waals surface area contributed by atoms with E-state index in [4.69, 9.17) is 39.1 Å². The largest absolute Gasteiger partial charge is 0.478 e. The van der Waals surface area contributed by atoms with Crippen molar-refractivity contribution in [1.82, 2.24) is 20.2 Å². The number of benzene rings is 3. The van der Waals surface area contributed by atoms with Crippen molar-refractivity contribution < 1.29 is 24.2 Å². The van der Waals surface area contributed by atoms with Crippen molar-refractivity contribution in [1.29, 1.82) is 5.41 Å². The van der Waals surface area contributed by atoms with Crippen molar-refractivity contribution in [2.75, 3.05) is 11.1 Å².